The highest BCUT2D eigenvalue weighted by atomic mass is 32.2. The number of hydrogen-bond donors (Lipinski definition) is 1. The molecule has 192 valence electrons. The van der Waals surface area contributed by atoms with Crippen LogP contribution in [0.15, 0.2) is 47.4 Å². The van der Waals surface area contributed by atoms with Crippen LogP contribution in [0.5, 0.6) is 11.8 Å². The van der Waals surface area contributed by atoms with Crippen LogP contribution < -0.4 is 9.47 Å². The summed E-state index contributed by atoms with van der Waals surface area (Å²) in [5, 5.41) is 9.87. The van der Waals surface area contributed by atoms with Crippen molar-refractivity contribution < 1.29 is 46.2 Å². The van der Waals surface area contributed by atoms with Gasteiger partial charge in [-0.25, -0.2) is 4.79 Å². The van der Waals surface area contributed by atoms with E-state index in [1.165, 1.54) is 19.2 Å². The van der Waals surface area contributed by atoms with Gasteiger partial charge in [-0.1, -0.05) is 34.4 Å². The van der Waals surface area contributed by atoms with Gasteiger partial charge in [0.1, 0.15) is 25.7 Å². The Morgan fingerprint density at radius 1 is 1.09 bits per heavy atom. The predicted octanol–water partition coefficient (Wildman–Crippen LogP) is 2.55. The van der Waals surface area contributed by atoms with Crippen molar-refractivity contribution >= 4 is 22.0 Å². The number of aromatic nitrogens is 1. The zero-order valence-electron chi connectivity index (χ0n) is 20.5. The van der Waals surface area contributed by atoms with E-state index in [9.17, 15) is 23.1 Å². The van der Waals surface area contributed by atoms with Crippen LogP contribution in [0.2, 0.25) is 0 Å². The summed E-state index contributed by atoms with van der Waals surface area (Å²) in [5.74, 6) is -2.69. The number of benzene rings is 1. The predicted molar refractivity (Wildman–Crippen MR) is 124 cm³/mol. The lowest BCUT2D eigenvalue weighted by atomic mass is 10.1. The van der Waals surface area contributed by atoms with Crippen LogP contribution in [0.1, 0.15) is 32.8 Å². The molecule has 1 unspecified atom stereocenters. The fourth-order valence-electron chi connectivity index (χ4n) is 3.13. The van der Waals surface area contributed by atoms with Gasteiger partial charge in [-0.15, -0.1) is 0 Å². The van der Waals surface area contributed by atoms with E-state index in [4.69, 9.17) is 19.0 Å². The zero-order chi connectivity index (χ0) is 26.4. The average Bonchev–Trinajstić information content (AvgIpc) is 2.79. The molecule has 1 aromatic carbocycles. The van der Waals surface area contributed by atoms with E-state index in [0.717, 1.165) is 19.7 Å². The van der Waals surface area contributed by atoms with Gasteiger partial charge in [0.05, 0.1) is 14.2 Å². The van der Waals surface area contributed by atoms with E-state index >= 15 is 0 Å². The minimum Gasteiger partial charge on any atom is -0.481 e. The van der Waals surface area contributed by atoms with Crippen LogP contribution in [0.25, 0.3) is 0 Å². The highest BCUT2D eigenvalue weighted by Crippen LogP contribution is 2.34. The van der Waals surface area contributed by atoms with Gasteiger partial charge in [0.15, 0.2) is 4.90 Å². The smallest absolute Gasteiger partial charge is 0.367 e. The van der Waals surface area contributed by atoms with E-state index in [1.807, 2.05) is 6.07 Å². The lowest BCUT2D eigenvalue weighted by Crippen LogP contribution is -2.59. The van der Waals surface area contributed by atoms with E-state index in [0.29, 0.717) is 0 Å². The SMILES string of the molecule is COc1ccc(S(=O)(=O)[N@+](C)(OC)C(CC(=O)OC(C)(C)C)C(=O)O)c(OCc2ccccc2)n1. The summed E-state index contributed by atoms with van der Waals surface area (Å²) in [4.78, 5) is 33.5. The van der Waals surface area contributed by atoms with Gasteiger partial charge in [0.2, 0.25) is 17.8 Å². The number of carbonyl (C=O) groups is 2. The molecule has 0 fully saturated rings. The Bertz CT molecular complexity index is 1150. The Hall–Kier alpha value is -3.22. The molecule has 0 bridgehead atoms. The first kappa shape index (κ1) is 28.0. The van der Waals surface area contributed by atoms with Crippen molar-refractivity contribution in [3.8, 4) is 11.8 Å². The number of carboxylic acids is 1. The standard InChI is InChI=1S/C23H30N2O9S/c1-23(2,3)34-20(26)14-17(22(27)28)25(4,32-6)35(29,30)18-12-13-19(31-5)24-21(18)33-15-16-10-8-7-9-11-16/h7-13,17H,14-15H2,1-6H3/p+1/t17?,25-/m0/s1. The third-order valence-electron chi connectivity index (χ3n) is 4.98. The van der Waals surface area contributed by atoms with E-state index < -0.39 is 49.0 Å². The van der Waals surface area contributed by atoms with Gasteiger partial charge in [0.25, 0.3) is 0 Å². The van der Waals surface area contributed by atoms with Gasteiger partial charge in [-0.05, 0) is 32.4 Å². The highest BCUT2D eigenvalue weighted by molar-refractivity contribution is 7.86. The second-order valence-electron chi connectivity index (χ2n) is 8.64. The number of rotatable bonds is 11. The Morgan fingerprint density at radius 2 is 1.71 bits per heavy atom. The van der Waals surface area contributed by atoms with Crippen molar-refractivity contribution in [2.75, 3.05) is 21.3 Å². The number of methoxy groups -OCH3 is 1. The molecule has 35 heavy (non-hydrogen) atoms. The normalized spacial score (nSPS) is 14.5. The number of quaternary nitrogens is 1. The number of pyridine rings is 1. The number of ether oxygens (including phenoxy) is 3. The Labute approximate surface area is 204 Å². The number of carbonyl (C=O) groups excluding carboxylic acids is 1. The molecule has 0 saturated heterocycles. The lowest BCUT2D eigenvalue weighted by Gasteiger charge is -2.33. The quantitative estimate of drug-likeness (QED) is 0.272. The molecule has 0 radical (unpaired) electrons. The Kier molecular flexibility index (Phi) is 8.82. The maximum atomic E-state index is 13.8. The summed E-state index contributed by atoms with van der Waals surface area (Å²) >= 11 is 0. The molecule has 2 rings (SSSR count). The van der Waals surface area contributed by atoms with Crippen LogP contribution in [0, 0.1) is 0 Å². The van der Waals surface area contributed by atoms with Crippen molar-refractivity contribution in [3.05, 3.63) is 48.0 Å². The fraction of sp³-hybridized carbons (Fsp3) is 0.435. The molecule has 0 aliphatic heterocycles. The summed E-state index contributed by atoms with van der Waals surface area (Å²) in [6.07, 6.45) is -0.764. The molecule has 11 nitrogen and oxygen atoms in total. The number of hydroxylamine groups is 2. The molecule has 1 heterocycles. The van der Waals surface area contributed by atoms with Crippen LogP contribution in [0.4, 0.5) is 0 Å². The first-order chi connectivity index (χ1) is 16.2. The molecule has 0 saturated carbocycles. The maximum absolute atomic E-state index is 13.8. The summed E-state index contributed by atoms with van der Waals surface area (Å²) in [6.45, 7) is 4.82. The molecular formula is C23H31N2O9S+. The maximum Gasteiger partial charge on any atom is 0.367 e. The molecule has 1 aromatic heterocycles. The van der Waals surface area contributed by atoms with Gasteiger partial charge < -0.3 is 19.3 Å². The Balaban J connectivity index is 2.52. The van der Waals surface area contributed by atoms with Gasteiger partial charge in [-0.3, -0.25) is 4.79 Å². The molecule has 1 N–H and O–H groups in total. The van der Waals surface area contributed by atoms with E-state index in [2.05, 4.69) is 4.98 Å². The number of carboxylic acid groups (broad SMARTS) is 1. The third kappa shape index (κ3) is 6.68. The van der Waals surface area contributed by atoms with Gasteiger partial charge in [0, 0.05) is 6.07 Å². The van der Waals surface area contributed by atoms with Gasteiger partial charge >= 0.3 is 22.0 Å². The minimum absolute atomic E-state index is 0.0134. The Morgan fingerprint density at radius 3 is 2.23 bits per heavy atom. The summed E-state index contributed by atoms with van der Waals surface area (Å²) in [6, 6.07) is 9.60. The molecule has 12 heteroatoms. The molecular weight excluding hydrogens is 480 g/mol. The number of aliphatic carboxylic acids is 1. The number of nitrogens with zero attached hydrogens (tertiary/aromatic N) is 2. The molecule has 2 atom stereocenters. The number of likely N-dealkylation sites (N-methyl/N-ethyl adjacent to an activating group) is 1. The highest BCUT2D eigenvalue weighted by Gasteiger charge is 2.54. The van der Waals surface area contributed by atoms with Crippen molar-refractivity contribution in [1.82, 2.24) is 4.98 Å². The van der Waals surface area contributed by atoms with Crippen molar-refractivity contribution in [2.45, 2.75) is 50.3 Å². The molecule has 0 amide bonds. The summed E-state index contributed by atoms with van der Waals surface area (Å²) in [7, 11) is -1.24. The largest absolute Gasteiger partial charge is 0.481 e. The van der Waals surface area contributed by atoms with Crippen molar-refractivity contribution in [3.63, 3.8) is 0 Å². The van der Waals surface area contributed by atoms with Gasteiger partial charge in [-0.2, -0.15) is 18.2 Å². The average molecular weight is 512 g/mol. The minimum atomic E-state index is -4.66. The van der Waals surface area contributed by atoms with E-state index in [1.54, 1.807) is 45.0 Å². The second-order valence-corrected chi connectivity index (χ2v) is 10.8. The third-order valence-corrected chi connectivity index (χ3v) is 7.20. The first-order valence-corrected chi connectivity index (χ1v) is 12.0. The number of hydrogen-bond acceptors (Lipinski definition) is 9. The van der Waals surface area contributed by atoms with Crippen LogP contribution in [-0.4, -0.2) is 67.4 Å². The van der Waals surface area contributed by atoms with Crippen LogP contribution >= 0.6 is 0 Å². The van der Waals surface area contributed by atoms with Crippen LogP contribution in [0.3, 0.4) is 0 Å². The number of sulfonamides is 1. The van der Waals surface area contributed by atoms with Crippen LogP contribution in [-0.2, 0) is 35.8 Å². The second kappa shape index (κ2) is 11.0. The molecule has 0 aliphatic rings. The molecule has 2 aromatic rings. The zero-order valence-corrected chi connectivity index (χ0v) is 21.4. The lowest BCUT2D eigenvalue weighted by molar-refractivity contribution is -0.999. The molecule has 0 aliphatic carbocycles. The van der Waals surface area contributed by atoms with Crippen molar-refractivity contribution in [1.29, 1.82) is 0 Å². The fourth-order valence-corrected chi connectivity index (χ4v) is 4.78. The summed E-state index contributed by atoms with van der Waals surface area (Å²) in [5.41, 5.74) is -0.147. The summed E-state index contributed by atoms with van der Waals surface area (Å²) < 4.78 is 42.1. The topological polar surface area (TPSA) is 138 Å². The molecule has 0 spiro atoms. The van der Waals surface area contributed by atoms with Crippen molar-refractivity contribution in [2.24, 2.45) is 0 Å². The van der Waals surface area contributed by atoms with E-state index in [-0.39, 0.29) is 18.4 Å². The first-order valence-electron chi connectivity index (χ1n) is 10.6. The number of esters is 1. The monoisotopic (exact) mass is 511 g/mol.